The van der Waals surface area contributed by atoms with Gasteiger partial charge in [0.1, 0.15) is 0 Å². The minimum atomic E-state index is 0.125. The van der Waals surface area contributed by atoms with Gasteiger partial charge in [0.05, 0.1) is 6.17 Å². The third-order valence-electron chi connectivity index (χ3n) is 0.596. The van der Waals surface area contributed by atoms with Crippen molar-refractivity contribution in [3.63, 3.8) is 0 Å². The van der Waals surface area contributed by atoms with Crippen molar-refractivity contribution >= 4 is 0 Å². The molecule has 0 saturated heterocycles. The summed E-state index contributed by atoms with van der Waals surface area (Å²) in [4.78, 5) is 0. The van der Waals surface area contributed by atoms with E-state index in [9.17, 15) is 0 Å². The second kappa shape index (κ2) is 2.99. The van der Waals surface area contributed by atoms with Crippen LogP contribution in [0.4, 0.5) is 0 Å². The first-order valence-corrected chi connectivity index (χ1v) is 2.64. The van der Waals surface area contributed by atoms with Crippen LogP contribution in [0.1, 0.15) is 20.8 Å². The van der Waals surface area contributed by atoms with Gasteiger partial charge in [0.15, 0.2) is 0 Å². The van der Waals surface area contributed by atoms with Crippen molar-refractivity contribution in [3.05, 3.63) is 0 Å². The van der Waals surface area contributed by atoms with E-state index in [2.05, 4.69) is 19.2 Å². The average molecular weight is 102 g/mol. The minimum absolute atomic E-state index is 0.125. The lowest BCUT2D eigenvalue weighted by Gasteiger charge is -2.10. The molecule has 3 N–H and O–H groups in total. The van der Waals surface area contributed by atoms with Gasteiger partial charge in [-0.1, -0.05) is 0 Å². The maximum absolute atomic E-state index is 5.38. The molecule has 0 saturated carbocycles. The van der Waals surface area contributed by atoms with E-state index in [0.717, 1.165) is 0 Å². The zero-order chi connectivity index (χ0) is 5.86. The van der Waals surface area contributed by atoms with Crippen LogP contribution in [0.3, 0.4) is 0 Å². The molecule has 2 nitrogen and oxygen atoms in total. The fraction of sp³-hybridized carbons (Fsp3) is 1.00. The molecule has 0 aliphatic carbocycles. The van der Waals surface area contributed by atoms with Gasteiger partial charge in [-0.2, -0.15) is 0 Å². The van der Waals surface area contributed by atoms with E-state index in [4.69, 9.17) is 5.73 Å². The smallest absolute Gasteiger partial charge is 0.0519 e. The van der Waals surface area contributed by atoms with Crippen LogP contribution in [-0.4, -0.2) is 12.2 Å². The van der Waals surface area contributed by atoms with Crippen LogP contribution >= 0.6 is 0 Å². The van der Waals surface area contributed by atoms with Crippen LogP contribution in [0.5, 0.6) is 0 Å². The van der Waals surface area contributed by atoms with Crippen LogP contribution < -0.4 is 11.1 Å². The van der Waals surface area contributed by atoms with Crippen LogP contribution in [-0.2, 0) is 0 Å². The van der Waals surface area contributed by atoms with Gasteiger partial charge in [-0.25, -0.2) is 0 Å². The van der Waals surface area contributed by atoms with E-state index in [-0.39, 0.29) is 6.17 Å². The molecule has 0 spiro atoms. The van der Waals surface area contributed by atoms with Gasteiger partial charge in [0, 0.05) is 6.04 Å². The van der Waals surface area contributed by atoms with E-state index in [1.807, 2.05) is 6.92 Å². The summed E-state index contributed by atoms with van der Waals surface area (Å²) in [5.41, 5.74) is 5.38. The van der Waals surface area contributed by atoms with Crippen molar-refractivity contribution in [2.24, 2.45) is 5.73 Å². The number of rotatable bonds is 2. The molecule has 0 aromatic carbocycles. The summed E-state index contributed by atoms with van der Waals surface area (Å²) in [5, 5.41) is 3.08. The van der Waals surface area contributed by atoms with Gasteiger partial charge < -0.3 is 11.1 Å². The molecular formula is C5H14N2. The lowest BCUT2D eigenvalue weighted by molar-refractivity contribution is 0.502. The number of hydrogen-bond donors (Lipinski definition) is 2. The molecule has 0 aromatic rings. The first kappa shape index (κ1) is 6.92. The highest BCUT2D eigenvalue weighted by Crippen LogP contribution is 1.75. The maximum atomic E-state index is 5.38. The van der Waals surface area contributed by atoms with Crippen LogP contribution in [0.2, 0.25) is 0 Å². The van der Waals surface area contributed by atoms with Gasteiger partial charge in [0.25, 0.3) is 0 Å². The van der Waals surface area contributed by atoms with Crippen LogP contribution in [0.15, 0.2) is 0 Å². The number of hydrogen-bond acceptors (Lipinski definition) is 2. The Morgan fingerprint density at radius 2 is 1.71 bits per heavy atom. The fourth-order valence-electron chi connectivity index (χ4n) is 0.526. The third kappa shape index (κ3) is 5.92. The molecule has 0 unspecified atom stereocenters. The zero-order valence-electron chi connectivity index (χ0n) is 5.23. The molecule has 0 amide bonds. The van der Waals surface area contributed by atoms with Gasteiger partial charge in [-0.3, -0.25) is 0 Å². The minimum Gasteiger partial charge on any atom is -0.316 e. The molecule has 1 atom stereocenters. The Morgan fingerprint density at radius 1 is 1.29 bits per heavy atom. The van der Waals surface area contributed by atoms with Crippen LogP contribution in [0.25, 0.3) is 0 Å². The van der Waals surface area contributed by atoms with Gasteiger partial charge in [-0.05, 0) is 20.8 Å². The Hall–Kier alpha value is -0.0800. The molecule has 0 rings (SSSR count). The topological polar surface area (TPSA) is 38.0 Å². The summed E-state index contributed by atoms with van der Waals surface area (Å²) < 4.78 is 0. The normalized spacial score (nSPS) is 15.0. The first-order valence-electron chi connectivity index (χ1n) is 2.64. The molecule has 0 aromatic heterocycles. The van der Waals surface area contributed by atoms with Gasteiger partial charge >= 0.3 is 0 Å². The quantitative estimate of drug-likeness (QED) is 0.492. The number of nitrogens with one attached hydrogen (secondary N) is 1. The van der Waals surface area contributed by atoms with Crippen molar-refractivity contribution in [1.29, 1.82) is 0 Å². The Morgan fingerprint density at radius 3 is 1.71 bits per heavy atom. The Balaban J connectivity index is 2.95. The van der Waals surface area contributed by atoms with E-state index in [1.165, 1.54) is 0 Å². The summed E-state index contributed by atoms with van der Waals surface area (Å²) in [7, 11) is 0. The maximum Gasteiger partial charge on any atom is 0.0519 e. The van der Waals surface area contributed by atoms with Crippen LogP contribution in [0, 0.1) is 0 Å². The van der Waals surface area contributed by atoms with Crippen molar-refractivity contribution in [2.45, 2.75) is 33.0 Å². The Labute approximate surface area is 45.1 Å². The van der Waals surface area contributed by atoms with E-state index in [1.54, 1.807) is 0 Å². The molecule has 7 heavy (non-hydrogen) atoms. The molecule has 0 aliphatic rings. The van der Waals surface area contributed by atoms with E-state index in [0.29, 0.717) is 6.04 Å². The second-order valence-corrected chi connectivity index (χ2v) is 2.11. The molecule has 0 fully saturated rings. The van der Waals surface area contributed by atoms with Crippen molar-refractivity contribution in [1.82, 2.24) is 5.32 Å². The van der Waals surface area contributed by atoms with Crippen molar-refractivity contribution in [2.75, 3.05) is 0 Å². The zero-order valence-corrected chi connectivity index (χ0v) is 5.23. The number of nitrogens with two attached hydrogens (primary N) is 1. The van der Waals surface area contributed by atoms with E-state index >= 15 is 0 Å². The fourth-order valence-corrected chi connectivity index (χ4v) is 0.526. The SMILES string of the molecule is CC(C)N[C@@H](C)N. The molecular weight excluding hydrogens is 88.1 g/mol. The Bertz CT molecular complexity index is 35.3. The standard InChI is InChI=1S/C5H14N2/c1-4(2)7-5(3)6/h4-5,7H,6H2,1-3H3/t5-/m0/s1. The average Bonchev–Trinajstić information content (AvgIpc) is 1.27. The molecule has 0 radical (unpaired) electrons. The highest BCUT2D eigenvalue weighted by molar-refractivity contribution is 4.54. The lowest BCUT2D eigenvalue weighted by atomic mass is 10.4. The monoisotopic (exact) mass is 102 g/mol. The van der Waals surface area contributed by atoms with Crippen molar-refractivity contribution < 1.29 is 0 Å². The third-order valence-corrected chi connectivity index (χ3v) is 0.596. The van der Waals surface area contributed by atoms with E-state index < -0.39 is 0 Å². The summed E-state index contributed by atoms with van der Waals surface area (Å²) in [6.07, 6.45) is 0.125. The molecule has 44 valence electrons. The second-order valence-electron chi connectivity index (χ2n) is 2.11. The summed E-state index contributed by atoms with van der Waals surface area (Å²) in [5.74, 6) is 0. The van der Waals surface area contributed by atoms with Gasteiger partial charge in [-0.15, -0.1) is 0 Å². The Kier molecular flexibility index (Phi) is 2.96. The largest absolute Gasteiger partial charge is 0.316 e. The highest BCUT2D eigenvalue weighted by atomic mass is 15.0. The predicted octanol–water partition coefficient (Wildman–Crippen LogP) is 0.289. The summed E-state index contributed by atoms with van der Waals surface area (Å²) in [6.45, 7) is 6.08. The summed E-state index contributed by atoms with van der Waals surface area (Å²) in [6, 6.07) is 0.500. The molecule has 2 heteroatoms. The summed E-state index contributed by atoms with van der Waals surface area (Å²) >= 11 is 0. The van der Waals surface area contributed by atoms with Gasteiger partial charge in [0.2, 0.25) is 0 Å². The molecule has 0 heterocycles. The highest BCUT2D eigenvalue weighted by Gasteiger charge is 1.92. The molecule has 0 aliphatic heterocycles. The lowest BCUT2D eigenvalue weighted by Crippen LogP contribution is -2.38. The van der Waals surface area contributed by atoms with Crippen molar-refractivity contribution in [3.8, 4) is 0 Å². The molecule has 0 bridgehead atoms. The predicted molar refractivity (Wildman–Crippen MR) is 31.9 cm³/mol. The first-order chi connectivity index (χ1) is 3.13.